The molecule has 0 amide bonds. The van der Waals surface area contributed by atoms with Crippen LogP contribution < -0.4 is 0 Å². The molecule has 0 unspecified atom stereocenters. The Labute approximate surface area is 134 Å². The van der Waals surface area contributed by atoms with Crippen molar-refractivity contribution < 1.29 is 5.11 Å². The predicted molar refractivity (Wildman–Crippen MR) is 90.3 cm³/mol. The van der Waals surface area contributed by atoms with Gasteiger partial charge in [-0.1, -0.05) is 32.3 Å². The maximum absolute atomic E-state index is 10.1. The van der Waals surface area contributed by atoms with Crippen LogP contribution >= 0.6 is 0 Å². The van der Waals surface area contributed by atoms with Gasteiger partial charge in [-0.3, -0.25) is 4.90 Å². The van der Waals surface area contributed by atoms with Crippen molar-refractivity contribution >= 4 is 0 Å². The maximum atomic E-state index is 10.1. The van der Waals surface area contributed by atoms with Crippen LogP contribution in [0.3, 0.4) is 0 Å². The predicted octanol–water partition coefficient (Wildman–Crippen LogP) is 4.25. The first kappa shape index (κ1) is 14.6. The molecule has 2 fully saturated rings. The summed E-state index contributed by atoms with van der Waals surface area (Å²) >= 11 is 0. The van der Waals surface area contributed by atoms with Crippen LogP contribution in [0.25, 0.3) is 0 Å². The van der Waals surface area contributed by atoms with Gasteiger partial charge in [-0.2, -0.15) is 0 Å². The molecule has 2 aliphatic carbocycles. The third-order valence-electron chi connectivity index (χ3n) is 6.60. The normalized spacial score (nSPS) is 35.7. The summed E-state index contributed by atoms with van der Waals surface area (Å²) in [6, 6.07) is 6.84. The van der Waals surface area contributed by atoms with Crippen molar-refractivity contribution in [2.75, 3.05) is 13.1 Å². The van der Waals surface area contributed by atoms with Crippen molar-refractivity contribution in [1.29, 1.82) is 0 Å². The molecule has 1 saturated carbocycles. The second kappa shape index (κ2) is 5.56. The summed E-state index contributed by atoms with van der Waals surface area (Å²) in [7, 11) is 0. The lowest BCUT2D eigenvalue weighted by atomic mass is 9.59. The van der Waals surface area contributed by atoms with Gasteiger partial charge < -0.3 is 5.11 Å². The van der Waals surface area contributed by atoms with Gasteiger partial charge in [0.05, 0.1) is 0 Å². The highest BCUT2D eigenvalue weighted by molar-refractivity contribution is 5.44. The molecule has 1 aromatic rings. The Kier molecular flexibility index (Phi) is 3.68. The van der Waals surface area contributed by atoms with Crippen molar-refractivity contribution in [2.45, 2.75) is 69.7 Å². The van der Waals surface area contributed by atoms with Crippen molar-refractivity contribution in [3.63, 3.8) is 0 Å². The van der Waals surface area contributed by atoms with Crippen LogP contribution in [-0.2, 0) is 11.8 Å². The molecule has 0 aromatic heterocycles. The van der Waals surface area contributed by atoms with Gasteiger partial charge in [0, 0.05) is 11.5 Å². The average Bonchev–Trinajstić information content (AvgIpc) is 3.00. The number of rotatable bonds is 1. The van der Waals surface area contributed by atoms with Crippen LogP contribution in [0.1, 0.15) is 63.0 Å². The van der Waals surface area contributed by atoms with E-state index in [1.54, 1.807) is 0 Å². The van der Waals surface area contributed by atoms with Crippen LogP contribution in [0, 0.1) is 5.92 Å². The van der Waals surface area contributed by atoms with E-state index in [4.69, 9.17) is 0 Å². The van der Waals surface area contributed by atoms with Crippen LogP contribution in [-0.4, -0.2) is 29.1 Å². The minimum atomic E-state index is 0.224. The van der Waals surface area contributed by atoms with Crippen LogP contribution in [0.4, 0.5) is 0 Å². The molecule has 0 spiro atoms. The zero-order valence-electron chi connectivity index (χ0n) is 13.9. The van der Waals surface area contributed by atoms with Gasteiger partial charge in [-0.25, -0.2) is 0 Å². The molecule has 2 bridgehead atoms. The molecule has 0 radical (unpaired) electrons. The van der Waals surface area contributed by atoms with Gasteiger partial charge in [0.25, 0.3) is 0 Å². The molecule has 120 valence electrons. The van der Waals surface area contributed by atoms with Gasteiger partial charge in [0.1, 0.15) is 5.75 Å². The van der Waals surface area contributed by atoms with Crippen molar-refractivity contribution in [2.24, 2.45) is 5.92 Å². The van der Waals surface area contributed by atoms with Crippen LogP contribution in [0.5, 0.6) is 5.75 Å². The third kappa shape index (κ3) is 2.27. The third-order valence-corrected chi connectivity index (χ3v) is 6.60. The number of benzene rings is 1. The highest BCUT2D eigenvalue weighted by atomic mass is 16.3. The number of nitrogens with zero attached hydrogens (tertiary/aromatic N) is 1. The summed E-state index contributed by atoms with van der Waals surface area (Å²) in [5.74, 6) is 1.25. The summed E-state index contributed by atoms with van der Waals surface area (Å²) in [5.41, 5.74) is 3.17. The van der Waals surface area contributed by atoms with E-state index >= 15 is 0 Å². The van der Waals surface area contributed by atoms with Crippen molar-refractivity contribution in [3.05, 3.63) is 29.3 Å². The van der Waals surface area contributed by atoms with E-state index < -0.39 is 0 Å². The topological polar surface area (TPSA) is 23.5 Å². The van der Waals surface area contributed by atoms with Gasteiger partial charge >= 0.3 is 0 Å². The largest absolute Gasteiger partial charge is 0.508 e. The molecule has 1 aromatic carbocycles. The summed E-state index contributed by atoms with van der Waals surface area (Å²) in [6.45, 7) is 5.06. The lowest BCUT2D eigenvalue weighted by molar-refractivity contribution is 0.0628. The first-order chi connectivity index (χ1) is 10.7. The molecular formula is C20H29NO. The SMILES string of the molecule is C[C@@]12CCCCC[C@@H](Cc3ccc(O)cc31)[C@@H]2N1CCCC1. The molecule has 1 heterocycles. The minimum absolute atomic E-state index is 0.224. The zero-order chi connectivity index (χ0) is 15.2. The first-order valence-electron chi connectivity index (χ1n) is 9.25. The molecule has 1 aliphatic heterocycles. The monoisotopic (exact) mass is 299 g/mol. The molecule has 1 saturated heterocycles. The standard InChI is InChI=1S/C20H29NO/c1-20-10-4-2-3-7-16(19(20)21-11-5-6-12-21)13-15-8-9-17(22)14-18(15)20/h8-9,14,16,19,22H,2-7,10-13H2,1H3/t16-,19-,20+/m0/s1. The van der Waals surface area contributed by atoms with E-state index in [1.165, 1.54) is 75.6 Å². The Hall–Kier alpha value is -1.02. The molecule has 1 N–H and O–H groups in total. The number of fused-ring (bicyclic) bond motifs is 4. The Bertz CT molecular complexity index is 549. The average molecular weight is 299 g/mol. The highest BCUT2D eigenvalue weighted by Gasteiger charge is 2.48. The summed E-state index contributed by atoms with van der Waals surface area (Å²) in [6.07, 6.45) is 10.7. The Balaban J connectivity index is 1.82. The number of phenols is 1. The lowest BCUT2D eigenvalue weighted by Crippen LogP contribution is -2.56. The fourth-order valence-electron chi connectivity index (χ4n) is 5.69. The van der Waals surface area contributed by atoms with E-state index in [0.29, 0.717) is 11.8 Å². The van der Waals surface area contributed by atoms with Gasteiger partial charge in [0.2, 0.25) is 0 Å². The Morgan fingerprint density at radius 2 is 1.91 bits per heavy atom. The fraction of sp³-hybridized carbons (Fsp3) is 0.700. The van der Waals surface area contributed by atoms with Crippen molar-refractivity contribution in [3.8, 4) is 5.75 Å². The number of phenolic OH excluding ortho intramolecular Hbond substituents is 1. The number of hydrogen-bond donors (Lipinski definition) is 1. The van der Waals surface area contributed by atoms with Crippen LogP contribution in [0.15, 0.2) is 18.2 Å². The smallest absolute Gasteiger partial charge is 0.115 e. The number of likely N-dealkylation sites (tertiary alicyclic amines) is 1. The maximum Gasteiger partial charge on any atom is 0.115 e. The van der Waals surface area contributed by atoms with E-state index in [9.17, 15) is 5.11 Å². The molecule has 2 heteroatoms. The quantitative estimate of drug-likeness (QED) is 0.838. The number of aromatic hydroxyl groups is 1. The molecule has 3 atom stereocenters. The van der Waals surface area contributed by atoms with E-state index in [-0.39, 0.29) is 5.41 Å². The minimum Gasteiger partial charge on any atom is -0.508 e. The second-order valence-corrected chi connectivity index (χ2v) is 8.01. The Morgan fingerprint density at radius 1 is 1.09 bits per heavy atom. The van der Waals surface area contributed by atoms with Gasteiger partial charge in [0.15, 0.2) is 0 Å². The van der Waals surface area contributed by atoms with Crippen molar-refractivity contribution in [1.82, 2.24) is 4.90 Å². The van der Waals surface area contributed by atoms with E-state index in [1.807, 2.05) is 6.07 Å². The molecule has 3 aliphatic rings. The first-order valence-corrected chi connectivity index (χ1v) is 9.25. The Morgan fingerprint density at radius 3 is 2.73 bits per heavy atom. The lowest BCUT2D eigenvalue weighted by Gasteiger charge is -2.52. The van der Waals surface area contributed by atoms with Crippen LogP contribution in [0.2, 0.25) is 0 Å². The van der Waals surface area contributed by atoms with E-state index in [0.717, 1.165) is 5.92 Å². The summed E-state index contributed by atoms with van der Waals surface area (Å²) in [4.78, 5) is 2.79. The van der Waals surface area contributed by atoms with E-state index in [2.05, 4.69) is 24.0 Å². The highest BCUT2D eigenvalue weighted by Crippen LogP contribution is 2.49. The molecular weight excluding hydrogens is 270 g/mol. The molecule has 22 heavy (non-hydrogen) atoms. The molecule has 4 rings (SSSR count). The summed E-state index contributed by atoms with van der Waals surface area (Å²) in [5, 5.41) is 10.1. The zero-order valence-corrected chi connectivity index (χ0v) is 13.9. The van der Waals surface area contributed by atoms with Gasteiger partial charge in [-0.05, 0) is 74.4 Å². The number of hydrogen-bond acceptors (Lipinski definition) is 2. The fourth-order valence-corrected chi connectivity index (χ4v) is 5.69. The summed E-state index contributed by atoms with van der Waals surface area (Å²) < 4.78 is 0. The molecule has 2 nitrogen and oxygen atoms in total. The second-order valence-electron chi connectivity index (χ2n) is 8.01. The van der Waals surface area contributed by atoms with Gasteiger partial charge in [-0.15, -0.1) is 0 Å².